The van der Waals surface area contributed by atoms with Crippen molar-refractivity contribution in [3.05, 3.63) is 10.6 Å². The number of carbonyl (C=O) groups is 1. The fraction of sp³-hybridized carbons (Fsp3) is 0.429. The van der Waals surface area contributed by atoms with E-state index in [1.165, 1.54) is 7.11 Å². The molecule has 0 aliphatic carbocycles. The van der Waals surface area contributed by atoms with E-state index in [9.17, 15) is 4.79 Å². The van der Waals surface area contributed by atoms with Gasteiger partial charge in [-0.25, -0.2) is 9.78 Å². The van der Waals surface area contributed by atoms with Gasteiger partial charge in [0.05, 0.1) is 12.3 Å². The van der Waals surface area contributed by atoms with E-state index >= 15 is 0 Å². The zero-order chi connectivity index (χ0) is 9.84. The molecule has 1 heterocycles. The molecule has 1 aromatic heterocycles. The molecule has 0 saturated heterocycles. The van der Waals surface area contributed by atoms with Crippen LogP contribution >= 0.6 is 11.3 Å². The van der Waals surface area contributed by atoms with Crippen LogP contribution < -0.4 is 5.32 Å². The number of carboxylic acid groups (broad SMARTS) is 1. The van der Waals surface area contributed by atoms with E-state index < -0.39 is 5.97 Å². The van der Waals surface area contributed by atoms with Crippen molar-refractivity contribution in [3.63, 3.8) is 0 Å². The first-order chi connectivity index (χ1) is 6.19. The fourth-order valence-corrected chi connectivity index (χ4v) is 1.62. The molecule has 0 amide bonds. The minimum Gasteiger partial charge on any atom is -0.477 e. The molecule has 0 aliphatic rings. The average Bonchev–Trinajstić information content (AvgIpc) is 2.48. The summed E-state index contributed by atoms with van der Waals surface area (Å²) < 4.78 is 4.83. The van der Waals surface area contributed by atoms with Gasteiger partial charge in [0.15, 0.2) is 5.13 Å². The van der Waals surface area contributed by atoms with E-state index in [2.05, 4.69) is 10.3 Å². The lowest BCUT2D eigenvalue weighted by molar-refractivity contribution is 0.0697. The van der Waals surface area contributed by atoms with E-state index in [-0.39, 0.29) is 11.5 Å². The first kappa shape index (κ1) is 9.94. The van der Waals surface area contributed by atoms with Gasteiger partial charge in [-0.05, 0) is 0 Å². The van der Waals surface area contributed by atoms with Crippen LogP contribution in [0.25, 0.3) is 0 Å². The number of hydrogen-bond acceptors (Lipinski definition) is 5. The van der Waals surface area contributed by atoms with Gasteiger partial charge in [0.1, 0.15) is 4.88 Å². The number of carboxylic acids is 1. The van der Waals surface area contributed by atoms with Crippen molar-refractivity contribution in [2.75, 3.05) is 19.5 Å². The summed E-state index contributed by atoms with van der Waals surface area (Å²) in [4.78, 5) is 15.0. The lowest BCUT2D eigenvalue weighted by Gasteiger charge is -1.94. The van der Waals surface area contributed by atoms with Crippen LogP contribution in [0, 0.1) is 0 Å². The largest absolute Gasteiger partial charge is 0.477 e. The molecule has 0 radical (unpaired) electrons. The third kappa shape index (κ3) is 2.16. The summed E-state index contributed by atoms with van der Waals surface area (Å²) in [5.41, 5.74) is 0.462. The van der Waals surface area contributed by atoms with E-state index in [0.29, 0.717) is 10.8 Å². The van der Waals surface area contributed by atoms with Crippen molar-refractivity contribution < 1.29 is 14.6 Å². The van der Waals surface area contributed by atoms with Crippen LogP contribution in [0.2, 0.25) is 0 Å². The quantitative estimate of drug-likeness (QED) is 0.763. The number of ether oxygens (including phenoxy) is 1. The summed E-state index contributed by atoms with van der Waals surface area (Å²) in [7, 11) is 3.20. The zero-order valence-electron chi connectivity index (χ0n) is 7.33. The average molecular weight is 202 g/mol. The maximum Gasteiger partial charge on any atom is 0.347 e. The summed E-state index contributed by atoms with van der Waals surface area (Å²) in [5.74, 6) is -0.967. The number of hydrogen-bond donors (Lipinski definition) is 2. The number of methoxy groups -OCH3 is 1. The molecule has 6 heteroatoms. The van der Waals surface area contributed by atoms with Crippen molar-refractivity contribution in [2.45, 2.75) is 6.61 Å². The molecular formula is C7H10N2O3S. The second-order valence-electron chi connectivity index (χ2n) is 2.28. The normalized spacial score (nSPS) is 10.0. The van der Waals surface area contributed by atoms with Gasteiger partial charge in [0, 0.05) is 14.2 Å². The summed E-state index contributed by atoms with van der Waals surface area (Å²) in [6.45, 7) is 0.222. The highest BCUT2D eigenvalue weighted by Gasteiger charge is 2.16. The number of anilines is 1. The molecule has 0 spiro atoms. The summed E-state index contributed by atoms with van der Waals surface area (Å²) >= 11 is 1.11. The lowest BCUT2D eigenvalue weighted by Crippen LogP contribution is -1.99. The van der Waals surface area contributed by atoms with Crippen molar-refractivity contribution in [1.29, 1.82) is 0 Å². The molecule has 0 unspecified atom stereocenters. The van der Waals surface area contributed by atoms with Crippen molar-refractivity contribution in [3.8, 4) is 0 Å². The molecule has 1 aromatic rings. The van der Waals surface area contributed by atoms with Gasteiger partial charge >= 0.3 is 5.97 Å². The monoisotopic (exact) mass is 202 g/mol. The Morgan fingerprint density at radius 1 is 1.77 bits per heavy atom. The molecule has 0 bridgehead atoms. The minimum atomic E-state index is -0.967. The van der Waals surface area contributed by atoms with Gasteiger partial charge < -0.3 is 15.2 Å². The SMILES string of the molecule is CNc1nc(COC)c(C(=O)O)s1. The molecule has 0 fully saturated rings. The van der Waals surface area contributed by atoms with Crippen molar-refractivity contribution in [2.24, 2.45) is 0 Å². The Labute approximate surface area is 79.4 Å². The van der Waals surface area contributed by atoms with Gasteiger partial charge in [0.2, 0.25) is 0 Å². The van der Waals surface area contributed by atoms with Gasteiger partial charge in [-0.2, -0.15) is 0 Å². The second kappa shape index (κ2) is 4.20. The summed E-state index contributed by atoms with van der Waals surface area (Å²) in [6.07, 6.45) is 0. The van der Waals surface area contributed by atoms with E-state index in [0.717, 1.165) is 11.3 Å². The van der Waals surface area contributed by atoms with Crippen LogP contribution in [0.15, 0.2) is 0 Å². The second-order valence-corrected chi connectivity index (χ2v) is 3.28. The number of aromatic carboxylic acids is 1. The van der Waals surface area contributed by atoms with E-state index in [4.69, 9.17) is 9.84 Å². The third-order valence-corrected chi connectivity index (χ3v) is 2.49. The number of nitrogens with zero attached hydrogens (tertiary/aromatic N) is 1. The van der Waals surface area contributed by atoms with Crippen LogP contribution in [-0.2, 0) is 11.3 Å². The minimum absolute atomic E-state index is 0.222. The Balaban J connectivity index is 3.00. The number of thiazole rings is 1. The van der Waals surface area contributed by atoms with Crippen molar-refractivity contribution >= 4 is 22.4 Å². The molecular weight excluding hydrogens is 192 g/mol. The molecule has 13 heavy (non-hydrogen) atoms. The summed E-state index contributed by atoms with van der Waals surface area (Å²) in [5, 5.41) is 12.2. The van der Waals surface area contributed by atoms with Crippen LogP contribution in [0.5, 0.6) is 0 Å². The maximum atomic E-state index is 10.7. The fourth-order valence-electron chi connectivity index (χ4n) is 0.860. The molecule has 5 nitrogen and oxygen atoms in total. The highest BCUT2D eigenvalue weighted by molar-refractivity contribution is 7.17. The Bertz CT molecular complexity index is 311. The van der Waals surface area contributed by atoms with Gasteiger partial charge in [0.25, 0.3) is 0 Å². The topological polar surface area (TPSA) is 71.5 Å². The molecule has 0 aliphatic heterocycles. The van der Waals surface area contributed by atoms with Gasteiger partial charge in [-0.1, -0.05) is 11.3 Å². The molecule has 0 atom stereocenters. The number of rotatable bonds is 4. The van der Waals surface area contributed by atoms with E-state index in [1.54, 1.807) is 7.05 Å². The highest BCUT2D eigenvalue weighted by atomic mass is 32.1. The number of nitrogens with one attached hydrogen (secondary N) is 1. The zero-order valence-corrected chi connectivity index (χ0v) is 8.14. The van der Waals surface area contributed by atoms with Crippen molar-refractivity contribution in [1.82, 2.24) is 4.98 Å². The molecule has 2 N–H and O–H groups in total. The molecule has 72 valence electrons. The Morgan fingerprint density at radius 3 is 2.92 bits per heavy atom. The highest BCUT2D eigenvalue weighted by Crippen LogP contribution is 2.22. The maximum absolute atomic E-state index is 10.7. The molecule has 0 saturated carbocycles. The third-order valence-electron chi connectivity index (χ3n) is 1.39. The molecule has 0 aromatic carbocycles. The van der Waals surface area contributed by atoms with Crippen LogP contribution in [0.1, 0.15) is 15.4 Å². The lowest BCUT2D eigenvalue weighted by atomic mass is 10.4. The smallest absolute Gasteiger partial charge is 0.347 e. The Morgan fingerprint density at radius 2 is 2.46 bits per heavy atom. The van der Waals surface area contributed by atoms with Gasteiger partial charge in [-0.3, -0.25) is 0 Å². The van der Waals surface area contributed by atoms with Gasteiger partial charge in [-0.15, -0.1) is 0 Å². The standard InChI is InChI=1S/C7H10N2O3S/c1-8-7-9-4(3-12-2)5(13-7)6(10)11/h3H2,1-2H3,(H,8,9)(H,10,11). The summed E-state index contributed by atoms with van der Waals surface area (Å²) in [6, 6.07) is 0. The Hall–Kier alpha value is -1.14. The predicted octanol–water partition coefficient (Wildman–Crippen LogP) is 1.03. The van der Waals surface area contributed by atoms with Crippen LogP contribution in [0.4, 0.5) is 5.13 Å². The number of aromatic nitrogens is 1. The first-order valence-electron chi connectivity index (χ1n) is 3.58. The van der Waals surface area contributed by atoms with Crippen LogP contribution in [0.3, 0.4) is 0 Å². The Kier molecular flexibility index (Phi) is 3.21. The van der Waals surface area contributed by atoms with Crippen LogP contribution in [-0.4, -0.2) is 30.2 Å². The first-order valence-corrected chi connectivity index (χ1v) is 4.40. The molecule has 1 rings (SSSR count). The van der Waals surface area contributed by atoms with E-state index in [1.807, 2.05) is 0 Å². The predicted molar refractivity (Wildman–Crippen MR) is 49.3 cm³/mol.